The number of rotatable bonds is 8. The molecule has 0 fully saturated rings. The number of nitro groups is 1. The third kappa shape index (κ3) is 4.81. The van der Waals surface area contributed by atoms with Gasteiger partial charge in [-0.1, -0.05) is 6.92 Å². The summed E-state index contributed by atoms with van der Waals surface area (Å²) in [7, 11) is 0. The van der Waals surface area contributed by atoms with Crippen molar-refractivity contribution in [3.63, 3.8) is 0 Å². The van der Waals surface area contributed by atoms with Crippen LogP contribution in [0.4, 0.5) is 11.5 Å². The van der Waals surface area contributed by atoms with Crippen LogP contribution in [0.15, 0.2) is 12.3 Å². The Morgan fingerprint density at radius 2 is 2.30 bits per heavy atom. The van der Waals surface area contributed by atoms with E-state index in [0.717, 1.165) is 18.7 Å². The van der Waals surface area contributed by atoms with Crippen LogP contribution < -0.4 is 11.1 Å². The zero-order valence-corrected chi connectivity index (χ0v) is 11.3. The highest BCUT2D eigenvalue weighted by molar-refractivity contribution is 5.98. The molecule has 0 aromatic carbocycles. The molecule has 1 rings (SSSR count). The summed E-state index contributed by atoms with van der Waals surface area (Å²) >= 11 is 0. The van der Waals surface area contributed by atoms with E-state index in [2.05, 4.69) is 10.3 Å². The minimum absolute atomic E-state index is 0.00803. The topological polar surface area (TPSA) is 120 Å². The van der Waals surface area contributed by atoms with E-state index < -0.39 is 10.8 Å². The maximum absolute atomic E-state index is 11.8. The van der Waals surface area contributed by atoms with Crippen LogP contribution in [0.25, 0.3) is 0 Å². The van der Waals surface area contributed by atoms with E-state index in [9.17, 15) is 14.9 Å². The number of ether oxygens (including phenoxy) is 1. The fourth-order valence-electron chi connectivity index (χ4n) is 1.46. The molecular formula is C12H18N4O4. The smallest absolute Gasteiger partial charge is 0.288 e. The van der Waals surface area contributed by atoms with Crippen molar-refractivity contribution in [2.75, 3.05) is 25.5 Å². The van der Waals surface area contributed by atoms with Gasteiger partial charge in [-0.2, -0.15) is 0 Å². The van der Waals surface area contributed by atoms with Gasteiger partial charge in [-0.05, 0) is 12.8 Å². The summed E-state index contributed by atoms with van der Waals surface area (Å²) in [5.41, 5.74) is 5.28. The minimum atomic E-state index is -0.623. The number of pyridine rings is 1. The van der Waals surface area contributed by atoms with Gasteiger partial charge < -0.3 is 15.8 Å². The van der Waals surface area contributed by atoms with E-state index in [-0.39, 0.29) is 17.1 Å². The largest absolute Gasteiger partial charge is 0.383 e. The molecule has 0 atom stereocenters. The van der Waals surface area contributed by atoms with Gasteiger partial charge in [0.15, 0.2) is 0 Å². The molecule has 0 bridgehead atoms. The molecule has 3 N–H and O–H groups in total. The van der Waals surface area contributed by atoms with Gasteiger partial charge in [0, 0.05) is 25.8 Å². The lowest BCUT2D eigenvalue weighted by Gasteiger charge is -2.07. The van der Waals surface area contributed by atoms with Gasteiger partial charge in [0.25, 0.3) is 11.6 Å². The summed E-state index contributed by atoms with van der Waals surface area (Å²) < 4.78 is 5.27. The summed E-state index contributed by atoms with van der Waals surface area (Å²) in [6.45, 7) is 3.66. The van der Waals surface area contributed by atoms with Gasteiger partial charge in [0.2, 0.25) is 0 Å². The van der Waals surface area contributed by atoms with Crippen molar-refractivity contribution in [1.29, 1.82) is 0 Å². The Morgan fingerprint density at radius 3 is 2.95 bits per heavy atom. The standard InChI is InChI=1S/C12H18N4O4/c1-2-5-20-6-3-4-14-12(17)10-7-9(16(18)19)8-15-11(10)13/h7-8H,2-6H2,1H3,(H2,13,15)(H,14,17). The molecule has 1 aromatic heterocycles. The van der Waals surface area contributed by atoms with E-state index in [1.165, 1.54) is 0 Å². The molecular weight excluding hydrogens is 264 g/mol. The summed E-state index contributed by atoms with van der Waals surface area (Å²) in [5.74, 6) is -0.510. The quantitative estimate of drug-likeness (QED) is 0.418. The van der Waals surface area contributed by atoms with Gasteiger partial charge >= 0.3 is 0 Å². The first-order valence-corrected chi connectivity index (χ1v) is 6.32. The molecule has 8 heteroatoms. The van der Waals surface area contributed by atoms with Gasteiger partial charge in [0.05, 0.1) is 10.5 Å². The predicted molar refractivity (Wildman–Crippen MR) is 73.4 cm³/mol. The first-order chi connectivity index (χ1) is 9.56. The second-order valence-corrected chi connectivity index (χ2v) is 4.11. The first-order valence-electron chi connectivity index (χ1n) is 6.32. The van der Waals surface area contributed by atoms with Crippen molar-refractivity contribution in [2.45, 2.75) is 19.8 Å². The van der Waals surface area contributed by atoms with Crippen molar-refractivity contribution in [3.05, 3.63) is 27.9 Å². The second kappa shape index (κ2) is 8.05. The predicted octanol–water partition coefficient (Wildman–Crippen LogP) is 1.12. The van der Waals surface area contributed by atoms with E-state index in [4.69, 9.17) is 10.5 Å². The minimum Gasteiger partial charge on any atom is -0.383 e. The molecule has 0 aliphatic rings. The Labute approximate surface area is 116 Å². The van der Waals surface area contributed by atoms with Crippen LogP contribution in [0.5, 0.6) is 0 Å². The second-order valence-electron chi connectivity index (χ2n) is 4.11. The fraction of sp³-hybridized carbons (Fsp3) is 0.500. The normalized spacial score (nSPS) is 10.2. The van der Waals surface area contributed by atoms with Crippen LogP contribution in [0.3, 0.4) is 0 Å². The lowest BCUT2D eigenvalue weighted by atomic mass is 10.2. The third-order valence-electron chi connectivity index (χ3n) is 2.46. The number of nitrogens with two attached hydrogens (primary N) is 1. The summed E-state index contributed by atoms with van der Waals surface area (Å²) in [6.07, 6.45) is 2.63. The molecule has 0 saturated carbocycles. The molecule has 0 aliphatic carbocycles. The summed E-state index contributed by atoms with van der Waals surface area (Å²) in [4.78, 5) is 25.5. The number of aromatic nitrogens is 1. The Balaban J connectivity index is 2.50. The Bertz CT molecular complexity index is 479. The Hall–Kier alpha value is -2.22. The van der Waals surface area contributed by atoms with E-state index in [0.29, 0.717) is 26.2 Å². The number of nitrogens with zero attached hydrogens (tertiary/aromatic N) is 2. The monoisotopic (exact) mass is 282 g/mol. The van der Waals surface area contributed by atoms with E-state index in [1.54, 1.807) is 0 Å². The summed E-state index contributed by atoms with van der Waals surface area (Å²) in [6, 6.07) is 1.12. The maximum atomic E-state index is 11.8. The molecule has 0 spiro atoms. The lowest BCUT2D eigenvalue weighted by Crippen LogP contribution is -2.26. The number of nitrogens with one attached hydrogen (secondary N) is 1. The molecule has 20 heavy (non-hydrogen) atoms. The van der Waals surface area contributed by atoms with Crippen LogP contribution >= 0.6 is 0 Å². The highest BCUT2D eigenvalue weighted by Crippen LogP contribution is 2.16. The number of carbonyl (C=O) groups excluding carboxylic acids is 1. The van der Waals surface area contributed by atoms with Crippen molar-refractivity contribution in [1.82, 2.24) is 10.3 Å². The van der Waals surface area contributed by atoms with Crippen molar-refractivity contribution in [2.24, 2.45) is 0 Å². The summed E-state index contributed by atoms with van der Waals surface area (Å²) in [5, 5.41) is 13.2. The zero-order chi connectivity index (χ0) is 15.0. The van der Waals surface area contributed by atoms with E-state index in [1.807, 2.05) is 6.92 Å². The molecule has 0 aliphatic heterocycles. The van der Waals surface area contributed by atoms with Crippen LogP contribution in [0.2, 0.25) is 0 Å². The molecule has 1 aromatic rings. The number of nitrogen functional groups attached to an aromatic ring is 1. The zero-order valence-electron chi connectivity index (χ0n) is 11.3. The average Bonchev–Trinajstić information content (AvgIpc) is 2.42. The molecule has 110 valence electrons. The van der Waals surface area contributed by atoms with Crippen LogP contribution in [-0.2, 0) is 4.74 Å². The highest BCUT2D eigenvalue weighted by atomic mass is 16.6. The first kappa shape index (κ1) is 15.8. The molecule has 0 unspecified atom stereocenters. The highest BCUT2D eigenvalue weighted by Gasteiger charge is 2.16. The molecule has 1 heterocycles. The average molecular weight is 282 g/mol. The SMILES string of the molecule is CCCOCCCNC(=O)c1cc([N+](=O)[O-])cnc1N. The van der Waals surface area contributed by atoms with Crippen LogP contribution in [0.1, 0.15) is 30.1 Å². The number of anilines is 1. The van der Waals surface area contributed by atoms with Gasteiger partial charge in [-0.25, -0.2) is 4.98 Å². The van der Waals surface area contributed by atoms with Crippen molar-refractivity contribution >= 4 is 17.4 Å². The molecule has 1 amide bonds. The fourth-order valence-corrected chi connectivity index (χ4v) is 1.46. The van der Waals surface area contributed by atoms with E-state index >= 15 is 0 Å². The van der Waals surface area contributed by atoms with Crippen LogP contribution in [-0.4, -0.2) is 35.6 Å². The number of hydrogen-bond acceptors (Lipinski definition) is 6. The number of carbonyl (C=O) groups is 1. The Morgan fingerprint density at radius 1 is 1.55 bits per heavy atom. The van der Waals surface area contributed by atoms with Gasteiger partial charge in [-0.3, -0.25) is 14.9 Å². The van der Waals surface area contributed by atoms with Crippen LogP contribution in [0, 0.1) is 10.1 Å². The van der Waals surface area contributed by atoms with Crippen molar-refractivity contribution in [3.8, 4) is 0 Å². The number of amides is 1. The molecule has 0 radical (unpaired) electrons. The molecule has 0 saturated heterocycles. The number of hydrogen-bond donors (Lipinski definition) is 2. The molecule has 8 nitrogen and oxygen atoms in total. The Kier molecular flexibility index (Phi) is 6.38. The van der Waals surface area contributed by atoms with Crippen molar-refractivity contribution < 1.29 is 14.5 Å². The van der Waals surface area contributed by atoms with Gasteiger partial charge in [0.1, 0.15) is 12.0 Å². The lowest BCUT2D eigenvalue weighted by molar-refractivity contribution is -0.385. The maximum Gasteiger partial charge on any atom is 0.288 e. The van der Waals surface area contributed by atoms with Gasteiger partial charge in [-0.15, -0.1) is 0 Å². The third-order valence-corrected chi connectivity index (χ3v) is 2.46.